The third kappa shape index (κ3) is 11.1. The maximum Gasteiger partial charge on any atom is 0.475 e. The zero-order valence-corrected chi connectivity index (χ0v) is 29.8. The van der Waals surface area contributed by atoms with Crippen LogP contribution in [-0.2, 0) is 52.3 Å². The first-order valence-corrected chi connectivity index (χ1v) is 18.1. The molecule has 1 saturated heterocycles. The Hall–Kier alpha value is -4.80. The number of nitrogens with zero attached hydrogens (tertiary/aromatic N) is 1. The third-order valence-electron chi connectivity index (χ3n) is 8.11. The largest absolute Gasteiger partial charge is 0.475 e. The van der Waals surface area contributed by atoms with Gasteiger partial charge in [-0.3, -0.25) is 18.4 Å². The number of phosphoric ester groups is 1. The second kappa shape index (κ2) is 17.4. The van der Waals surface area contributed by atoms with Crippen LogP contribution in [0.4, 0.5) is 4.79 Å². The number of ether oxygens (including phenoxy) is 2. The smallest absolute Gasteiger partial charge is 0.459 e. The van der Waals surface area contributed by atoms with E-state index >= 15 is 0 Å². The first-order valence-electron chi connectivity index (χ1n) is 16.7. The van der Waals surface area contributed by atoms with Crippen molar-refractivity contribution < 1.29 is 42.0 Å². The summed E-state index contributed by atoms with van der Waals surface area (Å²) in [5, 5.41) is 2.69. The molecular weight excluding hydrogens is 671 g/mol. The molecule has 4 aromatic rings. The second-order valence-corrected chi connectivity index (χ2v) is 14.8. The highest BCUT2D eigenvalue weighted by Crippen LogP contribution is 2.53. The minimum absolute atomic E-state index is 0.0209. The Kier molecular flexibility index (Phi) is 12.8. The molecule has 11 nitrogen and oxygen atoms in total. The van der Waals surface area contributed by atoms with Gasteiger partial charge in [-0.1, -0.05) is 130 Å². The van der Waals surface area contributed by atoms with E-state index in [0.717, 1.165) is 16.7 Å². The van der Waals surface area contributed by atoms with Crippen LogP contribution in [0.25, 0.3) is 0 Å². The Bertz CT molecular complexity index is 1720. The van der Waals surface area contributed by atoms with Crippen molar-refractivity contribution in [1.82, 2.24) is 10.2 Å². The Morgan fingerprint density at radius 2 is 1.22 bits per heavy atom. The van der Waals surface area contributed by atoms with Crippen LogP contribution >= 0.6 is 7.82 Å². The lowest BCUT2D eigenvalue weighted by Gasteiger charge is -2.34. The zero-order chi connectivity index (χ0) is 36.3. The van der Waals surface area contributed by atoms with E-state index in [-0.39, 0.29) is 32.8 Å². The number of hydrogen-bond donors (Lipinski definition) is 1. The standard InChI is InChI=1S/C39H43N2O9P/c1-39(2,3)35(40-38(44)49-32-22-14-7-15-23-32)36(42)41-25-33(24-34(41)37(43)46-26-29-16-8-4-9-17-29)50-51(45,47-27-30-18-10-5-11-19-30)48-28-31-20-12-6-13-21-31/h4-23,33-35H,24-28H2,1-3H3,(H,40,44)/t33?,34?,35-/m1/s1. The van der Waals surface area contributed by atoms with E-state index in [9.17, 15) is 18.9 Å². The number of nitrogens with one attached hydrogen (secondary N) is 1. The monoisotopic (exact) mass is 714 g/mol. The second-order valence-electron chi connectivity index (χ2n) is 13.2. The topological polar surface area (TPSA) is 130 Å². The number of hydrogen-bond acceptors (Lipinski definition) is 9. The predicted molar refractivity (Wildman–Crippen MR) is 190 cm³/mol. The van der Waals surface area contributed by atoms with Gasteiger partial charge in [0, 0.05) is 13.0 Å². The van der Waals surface area contributed by atoms with Gasteiger partial charge in [0.05, 0.1) is 19.3 Å². The van der Waals surface area contributed by atoms with Gasteiger partial charge < -0.3 is 19.7 Å². The van der Waals surface area contributed by atoms with Crippen molar-refractivity contribution >= 4 is 25.8 Å². The molecule has 51 heavy (non-hydrogen) atoms. The number of likely N-dealkylation sites (tertiary alicyclic amines) is 1. The van der Waals surface area contributed by atoms with Crippen LogP contribution in [0.1, 0.15) is 43.9 Å². The van der Waals surface area contributed by atoms with Gasteiger partial charge in [0.15, 0.2) is 0 Å². The maximum atomic E-state index is 14.4. The molecule has 2 amide bonds. The molecule has 0 spiro atoms. The van der Waals surface area contributed by atoms with Crippen molar-refractivity contribution in [3.63, 3.8) is 0 Å². The average Bonchev–Trinajstić information content (AvgIpc) is 3.56. The molecule has 3 atom stereocenters. The third-order valence-corrected chi connectivity index (χ3v) is 9.56. The summed E-state index contributed by atoms with van der Waals surface area (Å²) in [4.78, 5) is 42.4. The molecule has 0 aromatic heterocycles. The summed E-state index contributed by atoms with van der Waals surface area (Å²) in [5.74, 6) is -0.942. The van der Waals surface area contributed by atoms with Crippen molar-refractivity contribution in [2.75, 3.05) is 6.54 Å². The summed E-state index contributed by atoms with van der Waals surface area (Å²) >= 11 is 0. The molecule has 1 aliphatic rings. The first kappa shape index (κ1) is 37.5. The number of phosphoric acid groups is 1. The van der Waals surface area contributed by atoms with E-state index in [1.54, 1.807) is 51.1 Å². The van der Waals surface area contributed by atoms with Gasteiger partial charge >= 0.3 is 19.9 Å². The van der Waals surface area contributed by atoms with E-state index in [1.165, 1.54) is 4.90 Å². The molecule has 0 saturated carbocycles. The van der Waals surface area contributed by atoms with Crippen molar-refractivity contribution in [2.24, 2.45) is 5.41 Å². The fourth-order valence-electron chi connectivity index (χ4n) is 5.46. The Labute approximate surface area is 298 Å². The Morgan fingerprint density at radius 1 is 0.745 bits per heavy atom. The quantitative estimate of drug-likeness (QED) is 0.105. The molecule has 5 rings (SSSR count). The van der Waals surface area contributed by atoms with E-state index < -0.39 is 49.4 Å². The fourth-order valence-corrected chi connectivity index (χ4v) is 6.79. The number of benzene rings is 4. The summed E-state index contributed by atoms with van der Waals surface area (Å²) in [6.07, 6.45) is -1.84. The average molecular weight is 715 g/mol. The SMILES string of the molecule is CC(C)(C)[C@H](NC(=O)Oc1ccccc1)C(=O)N1CC(OP(=O)(OCc2ccccc2)OCc2ccccc2)CC1C(=O)OCc1ccccc1. The predicted octanol–water partition coefficient (Wildman–Crippen LogP) is 7.46. The number of amides is 2. The van der Waals surface area contributed by atoms with Gasteiger partial charge in [0.2, 0.25) is 5.91 Å². The van der Waals surface area contributed by atoms with Crippen molar-refractivity contribution in [3.05, 3.63) is 138 Å². The molecule has 1 heterocycles. The van der Waals surface area contributed by atoms with Crippen LogP contribution in [0.5, 0.6) is 5.75 Å². The zero-order valence-electron chi connectivity index (χ0n) is 28.9. The van der Waals surface area contributed by atoms with Gasteiger partial charge in [-0.2, -0.15) is 0 Å². The van der Waals surface area contributed by atoms with Crippen molar-refractivity contribution in [3.8, 4) is 5.75 Å². The first-order chi connectivity index (χ1) is 24.5. The molecular formula is C39H43N2O9P. The molecule has 1 fully saturated rings. The molecule has 1 aliphatic heterocycles. The molecule has 1 N–H and O–H groups in total. The lowest BCUT2D eigenvalue weighted by atomic mass is 9.85. The van der Waals surface area contributed by atoms with Gasteiger partial charge in [-0.05, 0) is 34.2 Å². The van der Waals surface area contributed by atoms with E-state index in [1.807, 2.05) is 91.0 Å². The lowest BCUT2D eigenvalue weighted by molar-refractivity contribution is -0.155. The number of carbonyl (C=O) groups excluding carboxylic acids is 3. The van der Waals surface area contributed by atoms with E-state index in [2.05, 4.69) is 5.32 Å². The summed E-state index contributed by atoms with van der Waals surface area (Å²) < 4.78 is 43.1. The van der Waals surface area contributed by atoms with Crippen LogP contribution in [0.2, 0.25) is 0 Å². The van der Waals surface area contributed by atoms with E-state index in [0.29, 0.717) is 5.75 Å². The molecule has 0 aliphatic carbocycles. The van der Waals surface area contributed by atoms with Gasteiger partial charge in [0.1, 0.15) is 24.4 Å². The minimum atomic E-state index is -4.27. The van der Waals surface area contributed by atoms with Crippen molar-refractivity contribution in [1.29, 1.82) is 0 Å². The van der Waals surface area contributed by atoms with Gasteiger partial charge in [-0.25, -0.2) is 14.2 Å². The van der Waals surface area contributed by atoms with Crippen LogP contribution < -0.4 is 10.1 Å². The molecule has 2 unspecified atom stereocenters. The molecule has 0 bridgehead atoms. The van der Waals surface area contributed by atoms with Crippen molar-refractivity contribution in [2.45, 2.75) is 65.2 Å². The summed E-state index contributed by atoms with van der Waals surface area (Å²) in [7, 11) is -4.27. The van der Waals surface area contributed by atoms with Crippen LogP contribution in [0.15, 0.2) is 121 Å². The van der Waals surface area contributed by atoms with Crippen LogP contribution in [0.3, 0.4) is 0 Å². The minimum Gasteiger partial charge on any atom is -0.459 e. The summed E-state index contributed by atoms with van der Waals surface area (Å²) in [6, 6.07) is 33.7. The molecule has 12 heteroatoms. The Balaban J connectivity index is 1.37. The highest BCUT2D eigenvalue weighted by Gasteiger charge is 2.48. The molecule has 268 valence electrons. The normalized spacial score (nSPS) is 16.6. The summed E-state index contributed by atoms with van der Waals surface area (Å²) in [6.45, 7) is 5.05. The van der Waals surface area contributed by atoms with Crippen LogP contribution in [-0.4, -0.2) is 47.6 Å². The maximum absolute atomic E-state index is 14.4. The molecule has 0 radical (unpaired) electrons. The highest BCUT2D eigenvalue weighted by atomic mass is 31.2. The van der Waals surface area contributed by atoms with Gasteiger partial charge in [-0.15, -0.1) is 0 Å². The molecule has 4 aromatic carbocycles. The van der Waals surface area contributed by atoms with E-state index in [4.69, 9.17) is 23.0 Å². The summed E-state index contributed by atoms with van der Waals surface area (Å²) in [5.41, 5.74) is 1.45. The highest BCUT2D eigenvalue weighted by molar-refractivity contribution is 7.48. The van der Waals surface area contributed by atoms with Crippen LogP contribution in [0, 0.1) is 5.41 Å². The number of para-hydroxylation sites is 1. The lowest BCUT2D eigenvalue weighted by Crippen LogP contribution is -2.57. The number of carbonyl (C=O) groups is 3. The number of esters is 1. The Morgan fingerprint density at radius 3 is 1.71 bits per heavy atom. The fraction of sp³-hybridized carbons (Fsp3) is 0.308. The number of rotatable bonds is 14. The van der Waals surface area contributed by atoms with Gasteiger partial charge in [0.25, 0.3) is 0 Å².